The Kier molecular flexibility index (Phi) is 3.30. The Morgan fingerprint density at radius 2 is 2.38 bits per heavy atom. The molecule has 0 bridgehead atoms. The Labute approximate surface area is 76.2 Å². The van der Waals surface area contributed by atoms with Crippen LogP contribution in [0.1, 0.15) is 5.69 Å². The minimum atomic E-state index is 0.454. The molecule has 0 atom stereocenters. The van der Waals surface area contributed by atoms with Gasteiger partial charge in [-0.05, 0) is 19.2 Å². The summed E-state index contributed by atoms with van der Waals surface area (Å²) in [5, 5.41) is 18.7. The number of anilines is 1. The number of hydrogen-bond donors (Lipinski definition) is 3. The molecule has 70 valence electrons. The quantitative estimate of drug-likeness (QED) is 0.251. The number of hydrazine groups is 1. The molecule has 0 aliphatic rings. The molecule has 0 aromatic carbocycles. The lowest BCUT2D eigenvalue weighted by Crippen LogP contribution is -2.29. The minimum Gasteiger partial charge on any atom is -0.314 e. The van der Waals surface area contributed by atoms with Crippen molar-refractivity contribution in [3.8, 4) is 0 Å². The van der Waals surface area contributed by atoms with E-state index in [1.54, 1.807) is 6.07 Å². The Morgan fingerprint density at radius 3 is 2.85 bits per heavy atom. The minimum absolute atomic E-state index is 0.454. The molecule has 1 aromatic rings. The van der Waals surface area contributed by atoms with E-state index in [1.165, 1.54) is 0 Å². The second-order valence-electron chi connectivity index (χ2n) is 2.45. The van der Waals surface area contributed by atoms with E-state index in [-0.39, 0.29) is 0 Å². The Hall–Kier alpha value is -1.53. The van der Waals surface area contributed by atoms with Crippen LogP contribution in [0.2, 0.25) is 0 Å². The zero-order valence-electron chi connectivity index (χ0n) is 7.36. The Morgan fingerprint density at radius 1 is 1.62 bits per heavy atom. The Bertz CT molecular complexity index is 269. The highest BCUT2D eigenvalue weighted by atomic mass is 15.4. The monoisotopic (exact) mass is 180 g/mol. The highest BCUT2D eigenvalue weighted by Crippen LogP contribution is 2.03. The summed E-state index contributed by atoms with van der Waals surface area (Å²) < 4.78 is 0. The fraction of sp³-hybridized carbons (Fsp3) is 0.286. The molecule has 0 amide bonds. The number of hydrogen-bond acceptors (Lipinski definition) is 5. The van der Waals surface area contributed by atoms with Crippen molar-refractivity contribution in [3.05, 3.63) is 17.8 Å². The largest absolute Gasteiger partial charge is 0.314 e. The van der Waals surface area contributed by atoms with Crippen LogP contribution in [0.5, 0.6) is 0 Å². The molecule has 0 spiro atoms. The molecule has 6 nitrogen and oxygen atoms in total. The molecule has 4 N–H and O–H groups in total. The fourth-order valence-electron chi connectivity index (χ4n) is 0.832. The van der Waals surface area contributed by atoms with Gasteiger partial charge in [0, 0.05) is 6.54 Å². The van der Waals surface area contributed by atoms with Gasteiger partial charge in [0.1, 0.15) is 6.34 Å². The Balaban J connectivity index is 2.74. The highest BCUT2D eigenvalue weighted by Gasteiger charge is 2.00. The maximum absolute atomic E-state index is 6.88. The van der Waals surface area contributed by atoms with Gasteiger partial charge in [0.15, 0.2) is 5.82 Å². The van der Waals surface area contributed by atoms with Gasteiger partial charge in [-0.1, -0.05) is 0 Å². The van der Waals surface area contributed by atoms with Gasteiger partial charge in [0.25, 0.3) is 0 Å². The van der Waals surface area contributed by atoms with Gasteiger partial charge in [-0.15, -0.1) is 5.10 Å². The van der Waals surface area contributed by atoms with E-state index in [0.717, 1.165) is 17.0 Å². The molecule has 0 saturated heterocycles. The number of rotatable bonds is 4. The van der Waals surface area contributed by atoms with Crippen molar-refractivity contribution in [2.75, 3.05) is 12.1 Å². The van der Waals surface area contributed by atoms with Crippen molar-refractivity contribution in [1.82, 2.24) is 15.5 Å². The second kappa shape index (κ2) is 4.48. The van der Waals surface area contributed by atoms with Crippen LogP contribution in [-0.4, -0.2) is 23.6 Å². The molecular weight excluding hydrogens is 168 g/mol. The average Bonchev–Trinajstić information content (AvgIpc) is 2.18. The standard InChI is InChI=1S/C7H12N6/c1-10-4-6-2-3-7(12-11-6)13(9)5-8/h2-3,5,8,10H,4,9H2,1H3. The summed E-state index contributed by atoms with van der Waals surface area (Å²) in [5.41, 5.74) is 0.838. The molecule has 0 unspecified atom stereocenters. The molecule has 13 heavy (non-hydrogen) atoms. The van der Waals surface area contributed by atoms with Crippen LogP contribution in [0.15, 0.2) is 12.1 Å². The zero-order valence-corrected chi connectivity index (χ0v) is 7.36. The first-order valence-corrected chi connectivity index (χ1v) is 3.79. The van der Waals surface area contributed by atoms with Crippen molar-refractivity contribution in [1.29, 1.82) is 5.41 Å². The lowest BCUT2D eigenvalue weighted by molar-refractivity contribution is 0.765. The van der Waals surface area contributed by atoms with E-state index >= 15 is 0 Å². The smallest absolute Gasteiger partial charge is 0.170 e. The van der Waals surface area contributed by atoms with Gasteiger partial charge in [-0.25, -0.2) is 5.84 Å². The third kappa shape index (κ3) is 2.46. The maximum atomic E-state index is 6.88. The molecule has 1 heterocycles. The summed E-state index contributed by atoms with van der Waals surface area (Å²) in [4.78, 5) is 0. The third-order valence-corrected chi connectivity index (χ3v) is 1.47. The van der Waals surface area contributed by atoms with E-state index in [2.05, 4.69) is 15.5 Å². The predicted octanol–water partition coefficient (Wildman–Crippen LogP) is -0.517. The molecule has 0 aliphatic carbocycles. The van der Waals surface area contributed by atoms with E-state index in [9.17, 15) is 0 Å². The highest BCUT2D eigenvalue weighted by molar-refractivity contribution is 5.72. The lowest BCUT2D eigenvalue weighted by Gasteiger charge is -2.09. The van der Waals surface area contributed by atoms with Crippen molar-refractivity contribution < 1.29 is 0 Å². The van der Waals surface area contributed by atoms with Gasteiger partial charge < -0.3 is 5.32 Å². The molecule has 0 aliphatic heterocycles. The van der Waals surface area contributed by atoms with Crippen LogP contribution in [0.25, 0.3) is 0 Å². The van der Waals surface area contributed by atoms with Gasteiger partial charge in [0.05, 0.1) is 5.69 Å². The summed E-state index contributed by atoms with van der Waals surface area (Å²) in [6.45, 7) is 0.669. The van der Waals surface area contributed by atoms with Gasteiger partial charge in [-0.2, -0.15) is 5.10 Å². The van der Waals surface area contributed by atoms with E-state index < -0.39 is 0 Å². The number of nitrogens with one attached hydrogen (secondary N) is 2. The average molecular weight is 180 g/mol. The van der Waals surface area contributed by atoms with Crippen molar-refractivity contribution in [2.45, 2.75) is 6.54 Å². The van der Waals surface area contributed by atoms with Gasteiger partial charge in [-0.3, -0.25) is 10.4 Å². The van der Waals surface area contributed by atoms with Crippen LogP contribution >= 0.6 is 0 Å². The predicted molar refractivity (Wildman–Crippen MR) is 50.2 cm³/mol. The van der Waals surface area contributed by atoms with Crippen LogP contribution < -0.4 is 16.2 Å². The van der Waals surface area contributed by atoms with Crippen LogP contribution in [0.3, 0.4) is 0 Å². The van der Waals surface area contributed by atoms with Crippen molar-refractivity contribution >= 4 is 12.2 Å². The first-order chi connectivity index (χ1) is 6.27. The first kappa shape index (κ1) is 9.56. The molecule has 1 aromatic heterocycles. The second-order valence-corrected chi connectivity index (χ2v) is 2.45. The van der Waals surface area contributed by atoms with Crippen molar-refractivity contribution in [2.24, 2.45) is 5.84 Å². The van der Waals surface area contributed by atoms with Crippen molar-refractivity contribution in [3.63, 3.8) is 0 Å². The molecule has 0 saturated carbocycles. The third-order valence-electron chi connectivity index (χ3n) is 1.47. The van der Waals surface area contributed by atoms with Crippen LogP contribution in [-0.2, 0) is 6.54 Å². The lowest BCUT2D eigenvalue weighted by atomic mass is 10.4. The first-order valence-electron chi connectivity index (χ1n) is 3.79. The summed E-state index contributed by atoms with van der Waals surface area (Å²) in [7, 11) is 1.84. The summed E-state index contributed by atoms with van der Waals surface area (Å²) in [6.07, 6.45) is 0.974. The molecule has 0 radical (unpaired) electrons. The number of nitrogens with zero attached hydrogens (tertiary/aromatic N) is 3. The van der Waals surface area contributed by atoms with Crippen LogP contribution in [0, 0.1) is 5.41 Å². The SMILES string of the molecule is CNCc1ccc(N(N)C=N)nn1. The number of aromatic nitrogens is 2. The topological polar surface area (TPSA) is 90.9 Å². The number of nitrogens with two attached hydrogens (primary N) is 1. The van der Waals surface area contributed by atoms with Crippen LogP contribution in [0.4, 0.5) is 5.82 Å². The zero-order chi connectivity index (χ0) is 9.68. The normalized spacial score (nSPS) is 9.69. The van der Waals surface area contributed by atoms with E-state index in [1.807, 2.05) is 13.1 Å². The molecule has 0 fully saturated rings. The summed E-state index contributed by atoms with van der Waals surface area (Å²) in [6, 6.07) is 3.52. The molecular formula is C7H12N6. The van der Waals surface area contributed by atoms with E-state index in [4.69, 9.17) is 11.3 Å². The fourth-order valence-corrected chi connectivity index (χ4v) is 0.832. The molecule has 6 heteroatoms. The van der Waals surface area contributed by atoms with Gasteiger partial charge in [0.2, 0.25) is 0 Å². The van der Waals surface area contributed by atoms with E-state index in [0.29, 0.717) is 12.4 Å². The molecule has 1 rings (SSSR count). The maximum Gasteiger partial charge on any atom is 0.170 e. The van der Waals surface area contributed by atoms with Gasteiger partial charge >= 0.3 is 0 Å². The summed E-state index contributed by atoms with van der Waals surface area (Å²) >= 11 is 0. The summed E-state index contributed by atoms with van der Waals surface area (Å²) in [5.74, 6) is 5.84.